The molecule has 1 aliphatic rings. The van der Waals surface area contributed by atoms with Gasteiger partial charge in [-0.15, -0.1) is 0 Å². The Bertz CT molecular complexity index is 523. The molecule has 0 unspecified atom stereocenters. The summed E-state index contributed by atoms with van der Waals surface area (Å²) in [5.41, 5.74) is 4.55. The van der Waals surface area contributed by atoms with Crippen molar-refractivity contribution in [1.82, 2.24) is 4.98 Å². The first-order valence-corrected chi connectivity index (χ1v) is 10.5. The molecule has 1 aromatic rings. The Labute approximate surface area is 170 Å². The van der Waals surface area contributed by atoms with Gasteiger partial charge in [-0.1, -0.05) is 96.1 Å². The van der Waals surface area contributed by atoms with Crippen molar-refractivity contribution in [3.8, 4) is 0 Å². The van der Waals surface area contributed by atoms with Crippen LogP contribution < -0.4 is 0 Å². The van der Waals surface area contributed by atoms with E-state index in [4.69, 9.17) is 0 Å². The number of nitrogens with zero attached hydrogens (tertiary/aromatic N) is 2. The molecule has 1 aromatic heterocycles. The number of hydrogen-bond acceptors (Lipinski definition) is 2. The first-order valence-electron chi connectivity index (χ1n) is 10.5. The first-order chi connectivity index (χ1) is 12.3. The third-order valence-corrected chi connectivity index (χ3v) is 4.00. The second-order valence-corrected chi connectivity index (χ2v) is 9.36. The minimum absolute atomic E-state index is 0.149. The number of aliphatic imine (C=N–C) groups is 1. The summed E-state index contributed by atoms with van der Waals surface area (Å²) in [5.74, 6) is 0. The second-order valence-electron chi connectivity index (χ2n) is 9.36. The van der Waals surface area contributed by atoms with Gasteiger partial charge in [-0.25, -0.2) is 0 Å². The average molecular weight is 375 g/mol. The van der Waals surface area contributed by atoms with Gasteiger partial charge in [0.15, 0.2) is 0 Å². The van der Waals surface area contributed by atoms with Crippen LogP contribution in [-0.4, -0.2) is 17.7 Å². The normalized spacial score (nSPS) is 13.3. The fourth-order valence-electron chi connectivity index (χ4n) is 2.11. The lowest BCUT2D eigenvalue weighted by atomic mass is 9.86. The quantitative estimate of drug-likeness (QED) is 0.455. The summed E-state index contributed by atoms with van der Waals surface area (Å²) in [6.45, 7) is 28.7. The van der Waals surface area contributed by atoms with Crippen molar-refractivity contribution in [2.24, 2.45) is 10.4 Å². The maximum absolute atomic E-state index is 4.52. The van der Waals surface area contributed by atoms with E-state index in [0.717, 1.165) is 12.2 Å². The van der Waals surface area contributed by atoms with Crippen molar-refractivity contribution in [2.75, 3.05) is 6.54 Å². The van der Waals surface area contributed by atoms with E-state index >= 15 is 0 Å². The lowest BCUT2D eigenvalue weighted by Crippen LogP contribution is -2.16. The highest BCUT2D eigenvalue weighted by molar-refractivity contribution is 5.75. The zero-order valence-electron chi connectivity index (χ0n) is 20.5. The molecule has 27 heavy (non-hydrogen) atoms. The number of pyridine rings is 1. The number of aromatic nitrogens is 1. The van der Waals surface area contributed by atoms with Crippen LogP contribution in [0.15, 0.2) is 35.0 Å². The first kappa shape index (κ1) is 27.8. The largest absolute Gasteiger partial charge is 0.289 e. The van der Waals surface area contributed by atoms with Gasteiger partial charge < -0.3 is 0 Å². The predicted octanol–water partition coefficient (Wildman–Crippen LogP) is 7.77. The van der Waals surface area contributed by atoms with E-state index in [1.807, 2.05) is 40.1 Å². The molecule has 2 heterocycles. The van der Waals surface area contributed by atoms with Crippen LogP contribution in [0.4, 0.5) is 0 Å². The lowest BCUT2D eigenvalue weighted by Gasteiger charge is -2.22. The molecule has 156 valence electrons. The Kier molecular flexibility index (Phi) is 12.5. The van der Waals surface area contributed by atoms with Crippen molar-refractivity contribution in [1.29, 1.82) is 0 Å². The van der Waals surface area contributed by atoms with Crippen molar-refractivity contribution >= 4 is 6.21 Å². The molecule has 0 saturated heterocycles. The van der Waals surface area contributed by atoms with Crippen LogP contribution in [0.25, 0.3) is 0 Å². The number of allylic oxidation sites excluding steroid dienone is 1. The molecule has 0 fully saturated rings. The number of hydrogen-bond donors (Lipinski definition) is 0. The summed E-state index contributed by atoms with van der Waals surface area (Å²) in [6.07, 6.45) is 6.00. The van der Waals surface area contributed by atoms with E-state index in [1.54, 1.807) is 0 Å². The van der Waals surface area contributed by atoms with E-state index < -0.39 is 0 Å². The van der Waals surface area contributed by atoms with Crippen LogP contribution in [0.3, 0.4) is 0 Å². The molecule has 0 radical (unpaired) electrons. The van der Waals surface area contributed by atoms with Gasteiger partial charge in [-0.3, -0.25) is 9.98 Å². The summed E-state index contributed by atoms with van der Waals surface area (Å²) >= 11 is 0. The van der Waals surface area contributed by atoms with Gasteiger partial charge in [0.25, 0.3) is 0 Å². The van der Waals surface area contributed by atoms with Gasteiger partial charge in [0.1, 0.15) is 0 Å². The van der Waals surface area contributed by atoms with Crippen LogP contribution in [0.1, 0.15) is 101 Å². The Morgan fingerprint density at radius 1 is 0.704 bits per heavy atom. The molecule has 2 rings (SSSR count). The van der Waals surface area contributed by atoms with E-state index in [1.165, 1.54) is 11.1 Å². The fraction of sp³-hybridized carbons (Fsp3) is 0.680. The van der Waals surface area contributed by atoms with Crippen LogP contribution in [0.5, 0.6) is 0 Å². The summed E-state index contributed by atoms with van der Waals surface area (Å²) in [4.78, 5) is 8.63. The monoisotopic (exact) mass is 374 g/mol. The lowest BCUT2D eigenvalue weighted by molar-refractivity contribution is 0.499. The highest BCUT2D eigenvalue weighted by atomic mass is 14.7. The van der Waals surface area contributed by atoms with E-state index in [0.29, 0.717) is 5.41 Å². The molecule has 0 saturated carbocycles. The smallest absolute Gasteiger partial charge is 0.0608 e. The highest BCUT2D eigenvalue weighted by Gasteiger charge is 2.18. The summed E-state index contributed by atoms with van der Waals surface area (Å²) in [6, 6.07) is 4.33. The molecule has 0 bridgehead atoms. The molecule has 2 nitrogen and oxygen atoms in total. The summed E-state index contributed by atoms with van der Waals surface area (Å²) < 4.78 is 0. The zero-order chi connectivity index (χ0) is 21.9. The second kappa shape index (κ2) is 12.1. The molecule has 0 aliphatic carbocycles. The fourth-order valence-corrected chi connectivity index (χ4v) is 2.11. The molecule has 0 atom stereocenters. The van der Waals surface area contributed by atoms with Gasteiger partial charge in [0.2, 0.25) is 0 Å². The third kappa shape index (κ3) is 11.1. The molecular weight excluding hydrogens is 328 g/mol. The van der Waals surface area contributed by atoms with E-state index in [-0.39, 0.29) is 10.8 Å². The zero-order valence-corrected chi connectivity index (χ0v) is 20.5. The highest BCUT2D eigenvalue weighted by Crippen LogP contribution is 2.26. The third-order valence-electron chi connectivity index (χ3n) is 4.00. The van der Waals surface area contributed by atoms with Crippen molar-refractivity contribution in [2.45, 2.75) is 101 Å². The van der Waals surface area contributed by atoms with E-state index in [2.05, 4.69) is 90.5 Å². The maximum Gasteiger partial charge on any atom is 0.0608 e. The topological polar surface area (TPSA) is 25.2 Å². The predicted molar refractivity (Wildman–Crippen MR) is 125 cm³/mol. The Morgan fingerprint density at radius 3 is 1.44 bits per heavy atom. The van der Waals surface area contributed by atoms with Gasteiger partial charge in [0, 0.05) is 23.5 Å². The van der Waals surface area contributed by atoms with Crippen LogP contribution in [0, 0.1) is 5.41 Å². The standard InChI is InChI=1S/C13H21N.C8H13N.2C2H6/c1-12(2,3)10-7-8-11(14-9-10)13(4,5)6;1-8(2,3)7-4-5-9-6-7;2*1-2/h7-9H,1-6H3;4-5H,6H2,1-3H3;2*1-2H3. The van der Waals surface area contributed by atoms with Gasteiger partial charge >= 0.3 is 0 Å². The molecule has 0 spiro atoms. The van der Waals surface area contributed by atoms with E-state index in [9.17, 15) is 0 Å². The number of rotatable bonds is 0. The molecule has 1 aliphatic heterocycles. The molecule has 0 N–H and O–H groups in total. The Balaban J connectivity index is 0. The minimum Gasteiger partial charge on any atom is -0.289 e. The van der Waals surface area contributed by atoms with Crippen molar-refractivity contribution < 1.29 is 0 Å². The summed E-state index contributed by atoms with van der Waals surface area (Å²) in [7, 11) is 0. The maximum atomic E-state index is 4.52. The molecule has 2 heteroatoms. The molecule has 0 aromatic carbocycles. The van der Waals surface area contributed by atoms with Crippen LogP contribution in [-0.2, 0) is 10.8 Å². The van der Waals surface area contributed by atoms with Crippen LogP contribution in [0.2, 0.25) is 0 Å². The van der Waals surface area contributed by atoms with Crippen molar-refractivity contribution in [3.05, 3.63) is 41.2 Å². The average Bonchev–Trinajstić information content (AvgIpc) is 3.13. The minimum atomic E-state index is 0.149. The molecule has 0 amide bonds. The summed E-state index contributed by atoms with van der Waals surface area (Å²) in [5, 5.41) is 0. The Hall–Kier alpha value is -1.44. The van der Waals surface area contributed by atoms with Crippen molar-refractivity contribution in [3.63, 3.8) is 0 Å². The van der Waals surface area contributed by atoms with Gasteiger partial charge in [0.05, 0.1) is 6.54 Å². The SMILES string of the molecule is CC.CC.CC(C)(C)C1=CC=NC1.CC(C)(C)c1ccc(C(C)(C)C)nc1. The van der Waals surface area contributed by atoms with Gasteiger partial charge in [-0.05, 0) is 34.1 Å². The van der Waals surface area contributed by atoms with Crippen LogP contribution >= 0.6 is 0 Å². The molecular formula is C25H46N2. The Morgan fingerprint density at radius 2 is 1.22 bits per heavy atom. The van der Waals surface area contributed by atoms with Gasteiger partial charge in [-0.2, -0.15) is 0 Å².